The van der Waals surface area contributed by atoms with Gasteiger partial charge in [0.25, 0.3) is 0 Å². The Bertz CT molecular complexity index is 1330. The molecule has 2 aromatic carbocycles. The number of fused-ring (bicyclic) bond motifs is 3. The average molecular weight is 510 g/mol. The van der Waals surface area contributed by atoms with Gasteiger partial charge in [-0.2, -0.15) is 0 Å². The third-order valence-electron chi connectivity index (χ3n) is 6.93. The molecule has 0 saturated carbocycles. The molecule has 4 rings (SSSR count). The fraction of sp³-hybridized carbons (Fsp3) is 0.414. The Morgan fingerprint density at radius 2 is 1.43 bits per heavy atom. The number of hydrogen-bond donors (Lipinski definition) is 0. The molecule has 37 heavy (non-hydrogen) atoms. The van der Waals surface area contributed by atoms with Gasteiger partial charge in [-0.15, -0.1) is 0 Å². The molecule has 0 amide bonds. The van der Waals surface area contributed by atoms with Crippen LogP contribution in [-0.2, 0) is 16.7 Å². The van der Waals surface area contributed by atoms with E-state index in [1.165, 1.54) is 0 Å². The summed E-state index contributed by atoms with van der Waals surface area (Å²) >= 11 is 0. The second-order valence-electron chi connectivity index (χ2n) is 9.51. The molecule has 1 aliphatic heterocycles. The highest BCUT2D eigenvalue weighted by Gasteiger charge is 2.39. The van der Waals surface area contributed by atoms with Crippen molar-refractivity contribution >= 4 is 5.97 Å². The maximum Gasteiger partial charge on any atom is 0.340 e. The van der Waals surface area contributed by atoms with Gasteiger partial charge in [0.1, 0.15) is 0 Å². The van der Waals surface area contributed by atoms with Gasteiger partial charge in [0.2, 0.25) is 5.75 Å². The molecule has 0 spiro atoms. The van der Waals surface area contributed by atoms with Gasteiger partial charge in [0.15, 0.2) is 23.0 Å². The van der Waals surface area contributed by atoms with E-state index >= 15 is 0 Å². The maximum atomic E-state index is 13.7. The second-order valence-corrected chi connectivity index (χ2v) is 9.51. The van der Waals surface area contributed by atoms with Crippen molar-refractivity contribution in [2.24, 2.45) is 0 Å². The number of hydrogen-bond acceptors (Lipinski definition) is 7. The monoisotopic (exact) mass is 509 g/mol. The lowest BCUT2D eigenvalue weighted by atomic mass is 9.85. The van der Waals surface area contributed by atoms with Crippen LogP contribution in [0.15, 0.2) is 24.3 Å². The van der Waals surface area contributed by atoms with Gasteiger partial charge in [-0.3, -0.25) is 0 Å². The van der Waals surface area contributed by atoms with E-state index in [1.54, 1.807) is 42.5 Å². The van der Waals surface area contributed by atoms with Crippen LogP contribution in [0.25, 0.3) is 22.4 Å². The summed E-state index contributed by atoms with van der Waals surface area (Å²) in [5.74, 6) is 2.33. The molecule has 2 heterocycles. The van der Waals surface area contributed by atoms with Gasteiger partial charge in [-0.05, 0) is 69.5 Å². The first kappa shape index (κ1) is 26.3. The molecular formula is C29H35NO7. The predicted molar refractivity (Wildman–Crippen MR) is 142 cm³/mol. The Morgan fingerprint density at radius 3 is 1.95 bits per heavy atom. The molecule has 0 saturated heterocycles. The van der Waals surface area contributed by atoms with Crippen LogP contribution in [0.2, 0.25) is 0 Å². The van der Waals surface area contributed by atoms with Crippen LogP contribution in [0.1, 0.15) is 42.4 Å². The molecule has 1 aromatic heterocycles. The van der Waals surface area contributed by atoms with Crippen molar-refractivity contribution in [2.75, 3.05) is 42.2 Å². The lowest BCUT2D eigenvalue weighted by Crippen LogP contribution is -2.34. The van der Waals surface area contributed by atoms with E-state index in [9.17, 15) is 4.79 Å². The van der Waals surface area contributed by atoms with E-state index in [2.05, 4.69) is 18.4 Å². The smallest absolute Gasteiger partial charge is 0.340 e. The van der Waals surface area contributed by atoms with Gasteiger partial charge in [0, 0.05) is 22.4 Å². The zero-order valence-electron chi connectivity index (χ0n) is 23.0. The molecule has 0 fully saturated rings. The van der Waals surface area contributed by atoms with Crippen molar-refractivity contribution in [3.63, 3.8) is 0 Å². The minimum Gasteiger partial charge on any atom is -0.493 e. The predicted octanol–water partition coefficient (Wildman–Crippen LogP) is 5.64. The fourth-order valence-corrected chi connectivity index (χ4v) is 5.52. The Balaban J connectivity index is 2.15. The van der Waals surface area contributed by atoms with Crippen LogP contribution in [0.3, 0.4) is 0 Å². The number of esters is 1. The summed E-state index contributed by atoms with van der Waals surface area (Å²) < 4.78 is 35.8. The molecule has 198 valence electrons. The number of aromatic nitrogens is 1. The zero-order valence-corrected chi connectivity index (χ0v) is 23.0. The highest BCUT2D eigenvalue weighted by atomic mass is 16.5. The summed E-state index contributed by atoms with van der Waals surface area (Å²) in [7, 11) is 7.94. The van der Waals surface area contributed by atoms with Gasteiger partial charge in [-0.25, -0.2) is 4.79 Å². The van der Waals surface area contributed by atoms with Crippen molar-refractivity contribution in [3.05, 3.63) is 41.1 Å². The van der Waals surface area contributed by atoms with E-state index in [0.717, 1.165) is 40.1 Å². The summed E-state index contributed by atoms with van der Waals surface area (Å²) in [5, 5.41) is 0. The van der Waals surface area contributed by atoms with E-state index in [-0.39, 0.29) is 12.1 Å². The normalized spacial score (nSPS) is 13.3. The minimum absolute atomic E-state index is 0.249. The molecule has 0 bridgehead atoms. The standard InChI is InChI=1S/C29H35NO7/c1-10-37-28(31)25-24(17-11-22(34-7)27(36-9)23(12-17)35-8)16(2)30-26(25)19-14-21(33-6)20(32-5)13-18(19)15-29(30,3)4/h11-14H,10,15H2,1-9H3. The van der Waals surface area contributed by atoms with Gasteiger partial charge in [0.05, 0.1) is 53.4 Å². The Labute approximate surface area is 218 Å². The largest absolute Gasteiger partial charge is 0.493 e. The molecule has 0 atom stereocenters. The van der Waals surface area contributed by atoms with Crippen molar-refractivity contribution in [1.29, 1.82) is 0 Å². The fourth-order valence-electron chi connectivity index (χ4n) is 5.52. The number of methoxy groups -OCH3 is 5. The number of ether oxygens (including phenoxy) is 6. The lowest BCUT2D eigenvalue weighted by Gasteiger charge is -2.37. The molecule has 0 radical (unpaired) electrons. The third kappa shape index (κ3) is 4.14. The van der Waals surface area contributed by atoms with Crippen LogP contribution >= 0.6 is 0 Å². The maximum absolute atomic E-state index is 13.7. The molecular weight excluding hydrogens is 474 g/mol. The number of carbonyl (C=O) groups is 1. The van der Waals surface area contributed by atoms with Crippen LogP contribution in [0, 0.1) is 6.92 Å². The Kier molecular flexibility index (Phi) is 7.04. The van der Waals surface area contributed by atoms with Crippen molar-refractivity contribution in [1.82, 2.24) is 4.57 Å². The quantitative estimate of drug-likeness (QED) is 0.364. The lowest BCUT2D eigenvalue weighted by molar-refractivity contribution is 0.0528. The minimum atomic E-state index is -0.401. The van der Waals surface area contributed by atoms with Gasteiger partial charge < -0.3 is 33.0 Å². The third-order valence-corrected chi connectivity index (χ3v) is 6.93. The van der Waals surface area contributed by atoms with Crippen LogP contribution in [0.5, 0.6) is 28.7 Å². The van der Waals surface area contributed by atoms with Crippen molar-refractivity contribution in [3.8, 4) is 51.1 Å². The molecule has 0 N–H and O–H groups in total. The molecule has 0 aliphatic carbocycles. The molecule has 1 aliphatic rings. The first-order valence-corrected chi connectivity index (χ1v) is 12.2. The van der Waals surface area contributed by atoms with Crippen LogP contribution in [-0.4, -0.2) is 52.7 Å². The van der Waals surface area contributed by atoms with Crippen LogP contribution in [0.4, 0.5) is 0 Å². The number of carbonyl (C=O) groups excluding carboxylic acids is 1. The van der Waals surface area contributed by atoms with E-state index in [0.29, 0.717) is 34.3 Å². The first-order chi connectivity index (χ1) is 17.7. The highest BCUT2D eigenvalue weighted by molar-refractivity contribution is 6.06. The van der Waals surface area contributed by atoms with E-state index in [4.69, 9.17) is 28.4 Å². The summed E-state index contributed by atoms with van der Waals surface area (Å²) in [6.45, 7) is 8.41. The van der Waals surface area contributed by atoms with Crippen molar-refractivity contribution < 1.29 is 33.2 Å². The summed E-state index contributed by atoms with van der Waals surface area (Å²) in [6, 6.07) is 7.66. The average Bonchev–Trinajstić information content (AvgIpc) is 3.21. The molecule has 0 unspecified atom stereocenters. The second kappa shape index (κ2) is 9.92. The SMILES string of the molecule is CCOC(=O)c1c(-c2cc(OC)c(OC)c(OC)c2)c(C)n2c1-c1cc(OC)c(OC)cc1CC2(C)C. The van der Waals surface area contributed by atoms with E-state index in [1.807, 2.05) is 31.2 Å². The first-order valence-electron chi connectivity index (χ1n) is 12.2. The Morgan fingerprint density at radius 1 is 0.865 bits per heavy atom. The topological polar surface area (TPSA) is 77.4 Å². The molecule has 8 nitrogen and oxygen atoms in total. The van der Waals surface area contributed by atoms with Crippen molar-refractivity contribution in [2.45, 2.75) is 39.7 Å². The van der Waals surface area contributed by atoms with Crippen LogP contribution < -0.4 is 23.7 Å². The summed E-state index contributed by atoms with van der Waals surface area (Å²) in [4.78, 5) is 13.7. The highest BCUT2D eigenvalue weighted by Crippen LogP contribution is 2.51. The number of nitrogens with zero attached hydrogens (tertiary/aromatic N) is 1. The summed E-state index contributed by atoms with van der Waals surface area (Å²) in [5.41, 5.74) is 5.33. The van der Waals surface area contributed by atoms with Gasteiger partial charge >= 0.3 is 5.97 Å². The molecule has 3 aromatic rings. The van der Waals surface area contributed by atoms with E-state index < -0.39 is 5.97 Å². The van der Waals surface area contributed by atoms with Gasteiger partial charge in [-0.1, -0.05) is 0 Å². The molecule has 8 heteroatoms. The number of rotatable bonds is 8. The Hall–Kier alpha value is -3.81. The zero-order chi connectivity index (χ0) is 27.1. The summed E-state index contributed by atoms with van der Waals surface area (Å²) in [6.07, 6.45) is 0.738. The number of benzene rings is 2.